The van der Waals surface area contributed by atoms with E-state index >= 15 is 0 Å². The van der Waals surface area contributed by atoms with E-state index in [1.54, 1.807) is 12.3 Å². The van der Waals surface area contributed by atoms with Crippen molar-refractivity contribution in [2.24, 2.45) is 0 Å². The van der Waals surface area contributed by atoms with E-state index in [1.165, 1.54) is 16.9 Å². The maximum absolute atomic E-state index is 13.6. The molecule has 0 unspecified atom stereocenters. The molecule has 7 nitrogen and oxygen atoms in total. The lowest BCUT2D eigenvalue weighted by Crippen LogP contribution is -2.45. The summed E-state index contributed by atoms with van der Waals surface area (Å²) in [5.41, 5.74) is 7.79. The number of fused-ring (bicyclic) bond motifs is 1. The molecule has 38 heavy (non-hydrogen) atoms. The summed E-state index contributed by atoms with van der Waals surface area (Å²) >= 11 is 0. The van der Waals surface area contributed by atoms with Crippen LogP contribution in [0.4, 0.5) is 20.2 Å². The molecule has 5 rings (SSSR count). The van der Waals surface area contributed by atoms with Gasteiger partial charge in [-0.15, -0.1) is 0 Å². The van der Waals surface area contributed by atoms with Crippen LogP contribution in [0.15, 0.2) is 66.9 Å². The summed E-state index contributed by atoms with van der Waals surface area (Å²) in [6.07, 6.45) is 2.71. The monoisotopic (exact) mass is 518 g/mol. The Labute approximate surface area is 221 Å². The molecule has 198 valence electrons. The van der Waals surface area contributed by atoms with E-state index in [4.69, 9.17) is 0 Å². The molecule has 2 N–H and O–H groups in total. The van der Waals surface area contributed by atoms with Crippen LogP contribution in [0.25, 0.3) is 10.9 Å². The van der Waals surface area contributed by atoms with Gasteiger partial charge in [0.05, 0.1) is 35.3 Å². The van der Waals surface area contributed by atoms with Gasteiger partial charge in [-0.3, -0.25) is 9.18 Å². The third kappa shape index (κ3) is 5.78. The van der Waals surface area contributed by atoms with Crippen molar-refractivity contribution < 1.29 is 13.6 Å². The molecule has 0 aliphatic carbocycles. The standard InChI is InChI=1S/C29H32F2N6O/c1-35-13-15-36(16-14-35)28-25(7-3-8-26(28)32-12-4-11-30)29(38)34-37-27-10-9-22(18-23(27)20-33-37)17-21-5-2-6-24(31)19-21/h2-3,5-10,18-20,32H,4,11-17H2,1H3,(H,34,38). The summed E-state index contributed by atoms with van der Waals surface area (Å²) in [6.45, 7) is 3.45. The van der Waals surface area contributed by atoms with Crippen molar-refractivity contribution >= 4 is 28.2 Å². The number of piperazine rings is 1. The first-order valence-corrected chi connectivity index (χ1v) is 12.9. The summed E-state index contributed by atoms with van der Waals surface area (Å²) in [4.78, 5) is 19.5. The van der Waals surface area contributed by atoms with Crippen molar-refractivity contribution in [2.45, 2.75) is 12.8 Å². The Bertz CT molecular complexity index is 1410. The van der Waals surface area contributed by atoms with E-state index in [-0.39, 0.29) is 11.7 Å². The number of anilines is 2. The number of halogens is 2. The van der Waals surface area contributed by atoms with E-state index in [0.29, 0.717) is 24.9 Å². The Morgan fingerprint density at radius 3 is 2.58 bits per heavy atom. The van der Waals surface area contributed by atoms with Gasteiger partial charge in [-0.05, 0) is 67.4 Å². The van der Waals surface area contributed by atoms with Crippen molar-refractivity contribution in [3.63, 3.8) is 0 Å². The molecule has 0 radical (unpaired) electrons. The van der Waals surface area contributed by atoms with Crippen molar-refractivity contribution in [1.29, 1.82) is 0 Å². The number of nitrogens with zero attached hydrogens (tertiary/aromatic N) is 4. The third-order valence-corrected chi connectivity index (χ3v) is 6.86. The molecular formula is C29H32F2N6O. The summed E-state index contributed by atoms with van der Waals surface area (Å²) in [5, 5.41) is 8.60. The number of para-hydroxylation sites is 1. The fourth-order valence-electron chi connectivity index (χ4n) is 4.85. The first kappa shape index (κ1) is 25.7. The zero-order chi connectivity index (χ0) is 26.5. The Morgan fingerprint density at radius 1 is 1.00 bits per heavy atom. The summed E-state index contributed by atoms with van der Waals surface area (Å²) in [7, 11) is 2.09. The zero-order valence-electron chi connectivity index (χ0n) is 21.5. The summed E-state index contributed by atoms with van der Waals surface area (Å²) in [6, 6.07) is 18.0. The van der Waals surface area contributed by atoms with Crippen LogP contribution in [0.5, 0.6) is 0 Å². The predicted octanol–water partition coefficient (Wildman–Crippen LogP) is 4.67. The minimum absolute atomic E-state index is 0.253. The van der Waals surface area contributed by atoms with Gasteiger partial charge in [0.1, 0.15) is 5.82 Å². The van der Waals surface area contributed by atoms with Crippen molar-refractivity contribution in [3.8, 4) is 0 Å². The van der Waals surface area contributed by atoms with E-state index in [9.17, 15) is 13.6 Å². The maximum Gasteiger partial charge on any atom is 0.273 e. The second kappa shape index (κ2) is 11.6. The average Bonchev–Trinajstić information content (AvgIpc) is 3.31. The van der Waals surface area contributed by atoms with E-state index < -0.39 is 6.67 Å². The van der Waals surface area contributed by atoms with Gasteiger partial charge in [-0.1, -0.05) is 24.3 Å². The predicted molar refractivity (Wildman–Crippen MR) is 148 cm³/mol. The Kier molecular flexibility index (Phi) is 7.83. The van der Waals surface area contributed by atoms with Crippen LogP contribution >= 0.6 is 0 Å². The number of alkyl halides is 1. The van der Waals surface area contributed by atoms with Gasteiger partial charge in [0.15, 0.2) is 0 Å². The topological polar surface area (TPSA) is 65.4 Å². The highest BCUT2D eigenvalue weighted by Crippen LogP contribution is 2.32. The van der Waals surface area contributed by atoms with Gasteiger partial charge in [-0.25, -0.2) is 9.82 Å². The highest BCUT2D eigenvalue weighted by molar-refractivity contribution is 6.07. The molecule has 0 atom stereocenters. The number of aromatic nitrogens is 2. The molecule has 1 aliphatic rings. The Morgan fingerprint density at radius 2 is 1.79 bits per heavy atom. The third-order valence-electron chi connectivity index (χ3n) is 6.86. The quantitative estimate of drug-likeness (QED) is 0.315. The van der Waals surface area contributed by atoms with Gasteiger partial charge in [0.2, 0.25) is 0 Å². The first-order valence-electron chi connectivity index (χ1n) is 12.9. The van der Waals surface area contributed by atoms with Gasteiger partial charge < -0.3 is 15.1 Å². The van der Waals surface area contributed by atoms with Crippen LogP contribution in [0.2, 0.25) is 0 Å². The highest BCUT2D eigenvalue weighted by Gasteiger charge is 2.24. The maximum atomic E-state index is 13.6. The lowest BCUT2D eigenvalue weighted by atomic mass is 10.0. The Hall–Kier alpha value is -3.98. The summed E-state index contributed by atoms with van der Waals surface area (Å²) < 4.78 is 26.3. The molecule has 1 aromatic heterocycles. The normalized spacial score (nSPS) is 14.1. The number of benzene rings is 3. The molecule has 2 heterocycles. The number of nitrogens with one attached hydrogen (secondary N) is 2. The van der Waals surface area contributed by atoms with Crippen molar-refractivity contribution in [1.82, 2.24) is 14.8 Å². The molecule has 0 saturated carbocycles. The van der Waals surface area contributed by atoms with Crippen LogP contribution in [0.3, 0.4) is 0 Å². The fraction of sp³-hybridized carbons (Fsp3) is 0.310. The van der Waals surface area contributed by atoms with E-state index in [1.807, 2.05) is 42.5 Å². The van der Waals surface area contributed by atoms with Crippen molar-refractivity contribution in [3.05, 3.63) is 89.4 Å². The lowest BCUT2D eigenvalue weighted by molar-refractivity contribution is 0.101. The van der Waals surface area contributed by atoms with Gasteiger partial charge >= 0.3 is 0 Å². The molecule has 1 amide bonds. The van der Waals surface area contributed by atoms with Crippen LogP contribution in [-0.2, 0) is 6.42 Å². The number of likely N-dealkylation sites (N-methyl/N-ethyl adjacent to an activating group) is 1. The molecule has 0 spiro atoms. The largest absolute Gasteiger partial charge is 0.383 e. The molecule has 4 aromatic rings. The molecule has 9 heteroatoms. The fourth-order valence-corrected chi connectivity index (χ4v) is 4.85. The molecule has 1 saturated heterocycles. The SMILES string of the molecule is CN1CCN(c2c(NCCCF)cccc2C(=O)Nn2ncc3cc(Cc4cccc(F)c4)ccc32)CC1. The van der Waals surface area contributed by atoms with Gasteiger partial charge in [0, 0.05) is 38.1 Å². The molecule has 0 bridgehead atoms. The number of hydrogen-bond acceptors (Lipinski definition) is 5. The molecule has 1 aliphatic heterocycles. The lowest BCUT2D eigenvalue weighted by Gasteiger charge is -2.36. The number of carbonyl (C=O) groups is 1. The van der Waals surface area contributed by atoms with Crippen LogP contribution in [0, 0.1) is 5.82 Å². The summed E-state index contributed by atoms with van der Waals surface area (Å²) in [5.74, 6) is -0.529. The Balaban J connectivity index is 1.39. The molecule has 3 aromatic carbocycles. The molecule has 1 fully saturated rings. The van der Waals surface area contributed by atoms with Crippen LogP contribution in [0.1, 0.15) is 27.9 Å². The van der Waals surface area contributed by atoms with E-state index in [0.717, 1.165) is 59.6 Å². The number of carbonyl (C=O) groups excluding carboxylic acids is 1. The number of hydrogen-bond donors (Lipinski definition) is 2. The number of rotatable bonds is 9. The average molecular weight is 519 g/mol. The van der Waals surface area contributed by atoms with E-state index in [2.05, 4.69) is 32.7 Å². The van der Waals surface area contributed by atoms with Crippen LogP contribution in [-0.4, -0.2) is 67.1 Å². The minimum atomic E-state index is -0.395. The van der Waals surface area contributed by atoms with Gasteiger partial charge in [0.25, 0.3) is 5.91 Å². The second-order valence-electron chi connectivity index (χ2n) is 9.66. The smallest absolute Gasteiger partial charge is 0.273 e. The first-order chi connectivity index (χ1) is 18.5. The van der Waals surface area contributed by atoms with Gasteiger partial charge in [-0.2, -0.15) is 9.89 Å². The number of amides is 1. The van der Waals surface area contributed by atoms with Crippen molar-refractivity contribution in [2.75, 3.05) is 62.1 Å². The zero-order valence-corrected chi connectivity index (χ0v) is 21.5. The minimum Gasteiger partial charge on any atom is -0.383 e. The van der Waals surface area contributed by atoms with Crippen LogP contribution < -0.4 is 15.6 Å². The molecular weight excluding hydrogens is 486 g/mol. The second-order valence-corrected chi connectivity index (χ2v) is 9.66. The highest BCUT2D eigenvalue weighted by atomic mass is 19.1.